The Hall–Kier alpha value is -2.95. The molecule has 0 aliphatic rings. The van der Waals surface area contributed by atoms with Crippen molar-refractivity contribution < 1.29 is 9.53 Å². The molecule has 0 radical (unpaired) electrons. The van der Waals surface area contributed by atoms with Crippen molar-refractivity contribution in [2.24, 2.45) is 0 Å². The number of benzene rings is 1. The molecule has 0 saturated heterocycles. The molecule has 23 heavy (non-hydrogen) atoms. The molecule has 2 heterocycles. The van der Waals surface area contributed by atoms with Gasteiger partial charge in [0, 0.05) is 18.0 Å². The molecular weight excluding hydrogens is 290 g/mol. The van der Waals surface area contributed by atoms with Crippen molar-refractivity contribution in [1.82, 2.24) is 9.97 Å². The lowest BCUT2D eigenvalue weighted by molar-refractivity contribution is 0.102. The molecule has 0 aliphatic heterocycles. The zero-order valence-corrected chi connectivity index (χ0v) is 13.0. The summed E-state index contributed by atoms with van der Waals surface area (Å²) >= 11 is 0. The Kier molecular flexibility index (Phi) is 4.19. The summed E-state index contributed by atoms with van der Waals surface area (Å²) in [5.74, 6) is 0.472. The van der Waals surface area contributed by atoms with E-state index in [-0.39, 0.29) is 5.91 Å². The minimum Gasteiger partial charge on any atom is -0.494 e. The lowest BCUT2D eigenvalue weighted by Gasteiger charge is -2.09. The number of aromatic nitrogens is 2. The third kappa shape index (κ3) is 3.29. The number of aryl methyl sites for hydroxylation is 1. The lowest BCUT2D eigenvalue weighted by Crippen LogP contribution is -2.15. The van der Waals surface area contributed by atoms with Crippen LogP contribution >= 0.6 is 0 Å². The van der Waals surface area contributed by atoms with Crippen molar-refractivity contribution >= 4 is 22.6 Å². The third-order valence-electron chi connectivity index (χ3n) is 3.39. The number of carbonyl (C=O) groups is 1. The second kappa shape index (κ2) is 6.44. The van der Waals surface area contributed by atoms with Crippen LogP contribution in [-0.2, 0) is 0 Å². The minimum atomic E-state index is -0.248. The molecule has 1 amide bonds. The Bertz CT molecular complexity index is 862. The van der Waals surface area contributed by atoms with Gasteiger partial charge in [0.25, 0.3) is 5.91 Å². The summed E-state index contributed by atoms with van der Waals surface area (Å²) in [7, 11) is 0. The number of fused-ring (bicyclic) bond motifs is 1. The SMILES string of the molecule is CCOc1cccc(NC(=O)c2nc3cccnc3cc2C)c1. The van der Waals surface area contributed by atoms with Crippen LogP contribution in [0.5, 0.6) is 5.75 Å². The number of nitrogens with one attached hydrogen (secondary N) is 1. The first kappa shape index (κ1) is 15.0. The van der Waals surface area contributed by atoms with Gasteiger partial charge < -0.3 is 10.1 Å². The highest BCUT2D eigenvalue weighted by Gasteiger charge is 2.13. The monoisotopic (exact) mass is 307 g/mol. The zero-order valence-electron chi connectivity index (χ0n) is 13.0. The number of ether oxygens (including phenoxy) is 1. The number of carbonyl (C=O) groups excluding carboxylic acids is 1. The molecule has 2 aromatic heterocycles. The van der Waals surface area contributed by atoms with Crippen molar-refractivity contribution in [3.63, 3.8) is 0 Å². The first-order valence-corrected chi connectivity index (χ1v) is 7.44. The van der Waals surface area contributed by atoms with Gasteiger partial charge in [-0.25, -0.2) is 4.98 Å². The highest BCUT2D eigenvalue weighted by molar-refractivity contribution is 6.05. The molecule has 0 bridgehead atoms. The summed E-state index contributed by atoms with van der Waals surface area (Å²) in [5, 5.41) is 2.86. The molecule has 3 rings (SSSR count). The van der Waals surface area contributed by atoms with E-state index >= 15 is 0 Å². The highest BCUT2D eigenvalue weighted by atomic mass is 16.5. The van der Waals surface area contributed by atoms with Crippen LogP contribution in [0.2, 0.25) is 0 Å². The number of nitrogens with zero attached hydrogens (tertiary/aromatic N) is 2. The summed E-state index contributed by atoms with van der Waals surface area (Å²) in [6.07, 6.45) is 1.71. The van der Waals surface area contributed by atoms with Gasteiger partial charge in [-0.2, -0.15) is 0 Å². The van der Waals surface area contributed by atoms with Gasteiger partial charge in [-0.1, -0.05) is 6.07 Å². The molecule has 1 aromatic carbocycles. The maximum absolute atomic E-state index is 12.5. The summed E-state index contributed by atoms with van der Waals surface area (Å²) < 4.78 is 5.44. The van der Waals surface area contributed by atoms with Crippen molar-refractivity contribution in [2.75, 3.05) is 11.9 Å². The smallest absolute Gasteiger partial charge is 0.274 e. The Labute approximate surface area is 134 Å². The van der Waals surface area contributed by atoms with Crippen molar-refractivity contribution in [3.8, 4) is 5.75 Å². The molecule has 0 fully saturated rings. The maximum atomic E-state index is 12.5. The Morgan fingerprint density at radius 2 is 2.04 bits per heavy atom. The molecule has 0 saturated carbocycles. The molecule has 116 valence electrons. The van der Waals surface area contributed by atoms with Crippen LogP contribution in [0.4, 0.5) is 5.69 Å². The van der Waals surface area contributed by atoms with Gasteiger partial charge in [0.15, 0.2) is 0 Å². The van der Waals surface area contributed by atoms with E-state index in [4.69, 9.17) is 4.74 Å². The number of rotatable bonds is 4. The first-order chi connectivity index (χ1) is 11.2. The normalized spacial score (nSPS) is 10.5. The van der Waals surface area contributed by atoms with Crippen LogP contribution in [0.3, 0.4) is 0 Å². The molecule has 0 spiro atoms. The van der Waals surface area contributed by atoms with Gasteiger partial charge in [0.1, 0.15) is 11.4 Å². The quantitative estimate of drug-likeness (QED) is 0.800. The fraction of sp³-hybridized carbons (Fsp3) is 0.167. The Morgan fingerprint density at radius 3 is 2.87 bits per heavy atom. The molecule has 5 heteroatoms. The standard InChI is InChI=1S/C18H17N3O2/c1-3-23-14-7-4-6-13(11-14)20-18(22)17-12(2)10-16-15(21-17)8-5-9-19-16/h4-11H,3H2,1-2H3,(H,20,22). The van der Waals surface area contributed by atoms with Gasteiger partial charge in [0.05, 0.1) is 17.6 Å². The van der Waals surface area contributed by atoms with E-state index in [9.17, 15) is 4.79 Å². The van der Waals surface area contributed by atoms with Crippen LogP contribution in [-0.4, -0.2) is 22.5 Å². The van der Waals surface area contributed by atoms with E-state index in [1.165, 1.54) is 0 Å². The van der Waals surface area contributed by atoms with Gasteiger partial charge in [-0.05, 0) is 49.7 Å². The minimum absolute atomic E-state index is 0.248. The predicted molar refractivity (Wildman–Crippen MR) is 89.8 cm³/mol. The summed E-state index contributed by atoms with van der Waals surface area (Å²) in [4.78, 5) is 21.2. The van der Waals surface area contributed by atoms with E-state index in [1.54, 1.807) is 18.3 Å². The fourth-order valence-corrected chi connectivity index (χ4v) is 2.35. The summed E-state index contributed by atoms with van der Waals surface area (Å²) in [6.45, 7) is 4.35. The van der Waals surface area contributed by atoms with E-state index in [0.29, 0.717) is 23.5 Å². The highest BCUT2D eigenvalue weighted by Crippen LogP contribution is 2.19. The zero-order chi connectivity index (χ0) is 16.2. The van der Waals surface area contributed by atoms with Gasteiger partial charge in [0.2, 0.25) is 0 Å². The Balaban J connectivity index is 1.88. The van der Waals surface area contributed by atoms with Gasteiger partial charge >= 0.3 is 0 Å². The third-order valence-corrected chi connectivity index (χ3v) is 3.39. The van der Waals surface area contributed by atoms with Crippen molar-refractivity contribution in [3.05, 3.63) is 59.9 Å². The second-order valence-electron chi connectivity index (χ2n) is 5.11. The predicted octanol–water partition coefficient (Wildman–Crippen LogP) is 3.59. The van der Waals surface area contributed by atoms with Crippen LogP contribution in [0.15, 0.2) is 48.7 Å². The van der Waals surface area contributed by atoms with E-state index in [1.807, 2.05) is 44.2 Å². The van der Waals surface area contributed by atoms with Crippen molar-refractivity contribution in [2.45, 2.75) is 13.8 Å². The van der Waals surface area contributed by atoms with E-state index < -0.39 is 0 Å². The van der Waals surface area contributed by atoms with Crippen LogP contribution in [0.25, 0.3) is 11.0 Å². The van der Waals surface area contributed by atoms with Crippen LogP contribution in [0.1, 0.15) is 23.0 Å². The maximum Gasteiger partial charge on any atom is 0.274 e. The first-order valence-electron chi connectivity index (χ1n) is 7.44. The number of anilines is 1. The van der Waals surface area contributed by atoms with E-state index in [0.717, 1.165) is 16.8 Å². The average Bonchev–Trinajstić information content (AvgIpc) is 2.55. The number of pyridine rings is 2. The topological polar surface area (TPSA) is 64.1 Å². The summed E-state index contributed by atoms with van der Waals surface area (Å²) in [6, 6.07) is 12.8. The number of amides is 1. The van der Waals surface area contributed by atoms with Crippen LogP contribution in [0, 0.1) is 6.92 Å². The largest absolute Gasteiger partial charge is 0.494 e. The molecule has 0 unspecified atom stereocenters. The molecule has 3 aromatic rings. The Morgan fingerprint density at radius 1 is 1.17 bits per heavy atom. The summed E-state index contributed by atoms with van der Waals surface area (Å²) in [5.41, 5.74) is 3.33. The molecule has 0 atom stereocenters. The average molecular weight is 307 g/mol. The fourth-order valence-electron chi connectivity index (χ4n) is 2.35. The molecule has 0 aliphatic carbocycles. The molecule has 5 nitrogen and oxygen atoms in total. The van der Waals surface area contributed by atoms with E-state index in [2.05, 4.69) is 15.3 Å². The van der Waals surface area contributed by atoms with Crippen molar-refractivity contribution in [1.29, 1.82) is 0 Å². The van der Waals surface area contributed by atoms with Gasteiger partial charge in [-0.15, -0.1) is 0 Å². The molecular formula is C18H17N3O2. The second-order valence-corrected chi connectivity index (χ2v) is 5.11. The molecule has 1 N–H and O–H groups in total. The number of hydrogen-bond acceptors (Lipinski definition) is 4. The van der Waals surface area contributed by atoms with Gasteiger partial charge in [-0.3, -0.25) is 9.78 Å². The van der Waals surface area contributed by atoms with Crippen LogP contribution < -0.4 is 10.1 Å². The lowest BCUT2D eigenvalue weighted by atomic mass is 10.1. The number of hydrogen-bond donors (Lipinski definition) is 1.